The molecule has 222 valence electrons. The maximum atomic E-state index is 13.6. The van der Waals surface area contributed by atoms with Crippen molar-refractivity contribution in [3.05, 3.63) is 99.4 Å². The smallest absolute Gasteiger partial charge is 0.335 e. The summed E-state index contributed by atoms with van der Waals surface area (Å²) in [4.78, 5) is 31.8. The number of piperidine rings is 1. The van der Waals surface area contributed by atoms with Gasteiger partial charge < -0.3 is 25.2 Å². The molecule has 4 aromatic rings. The number of likely N-dealkylation sites (tertiary alicyclic amines) is 1. The van der Waals surface area contributed by atoms with Crippen LogP contribution >= 0.6 is 22.9 Å². The molecule has 3 N–H and O–H groups in total. The number of thiazole rings is 1. The van der Waals surface area contributed by atoms with Crippen LogP contribution in [0.4, 0.5) is 10.1 Å². The fourth-order valence-corrected chi connectivity index (χ4v) is 6.54. The number of ether oxygens (including phenoxy) is 1. The molecular weight excluding hydrogens is 593 g/mol. The van der Waals surface area contributed by atoms with Gasteiger partial charge in [-0.3, -0.25) is 4.79 Å². The third-order valence-corrected chi connectivity index (χ3v) is 9.21. The molecule has 1 saturated carbocycles. The maximum absolute atomic E-state index is 13.6. The number of hydrogen-bond donors (Lipinski definition) is 3. The van der Waals surface area contributed by atoms with Crippen molar-refractivity contribution in [2.75, 3.05) is 18.4 Å². The van der Waals surface area contributed by atoms with E-state index in [9.17, 15) is 19.1 Å². The lowest BCUT2D eigenvalue weighted by atomic mass is 10.1. The van der Waals surface area contributed by atoms with Crippen molar-refractivity contribution >= 4 is 40.5 Å². The van der Waals surface area contributed by atoms with Crippen LogP contribution in [-0.2, 0) is 0 Å². The van der Waals surface area contributed by atoms with E-state index >= 15 is 0 Å². The molecule has 3 aromatic carbocycles. The number of nitrogens with one attached hydrogen (secondary N) is 1. The van der Waals surface area contributed by atoms with Gasteiger partial charge >= 0.3 is 5.97 Å². The molecule has 1 aromatic heterocycles. The standard InChI is InChI=1S/C32H29ClFN3O5S/c33-26-12-9-22(35-29(38)27-28(18-3-7-21(34)8-4-18)43-30(36-27)19-1-2-19)17-25(26)31(39)37-15-13-24(14-16-37)42-23-10-5-20(6-11-23)32(40)41/h3-12,17,19,24,29,35,38H,1-2,13-16H2,(H,40,41). The molecule has 1 aliphatic carbocycles. The van der Waals surface area contributed by atoms with Gasteiger partial charge in [0.05, 0.1) is 26.0 Å². The van der Waals surface area contributed by atoms with Gasteiger partial charge in [0.1, 0.15) is 23.4 Å². The zero-order valence-electron chi connectivity index (χ0n) is 23.0. The van der Waals surface area contributed by atoms with Crippen molar-refractivity contribution < 1.29 is 28.9 Å². The zero-order chi connectivity index (χ0) is 30.1. The van der Waals surface area contributed by atoms with E-state index in [0.717, 1.165) is 28.3 Å². The van der Waals surface area contributed by atoms with Crippen molar-refractivity contribution in [1.82, 2.24) is 9.88 Å². The van der Waals surface area contributed by atoms with Crippen LogP contribution in [0.3, 0.4) is 0 Å². The van der Waals surface area contributed by atoms with Crippen LogP contribution < -0.4 is 10.1 Å². The number of carbonyl (C=O) groups is 2. The van der Waals surface area contributed by atoms with Gasteiger partial charge in [-0.1, -0.05) is 23.7 Å². The van der Waals surface area contributed by atoms with Crippen molar-refractivity contribution in [3.63, 3.8) is 0 Å². The molecule has 2 heterocycles. The number of carboxylic acid groups (broad SMARTS) is 1. The van der Waals surface area contributed by atoms with Crippen molar-refractivity contribution in [2.24, 2.45) is 0 Å². The van der Waals surface area contributed by atoms with Crippen LogP contribution in [0.5, 0.6) is 5.75 Å². The Labute approximate surface area is 256 Å². The summed E-state index contributed by atoms with van der Waals surface area (Å²) in [7, 11) is 0. The summed E-state index contributed by atoms with van der Waals surface area (Å²) in [5, 5.41) is 24.6. The number of aliphatic hydroxyl groups excluding tert-OH is 1. The molecule has 8 nitrogen and oxygen atoms in total. The van der Waals surface area contributed by atoms with Gasteiger partial charge in [0, 0.05) is 37.5 Å². The molecule has 43 heavy (non-hydrogen) atoms. The Balaban J connectivity index is 1.12. The van der Waals surface area contributed by atoms with Gasteiger partial charge in [-0.15, -0.1) is 11.3 Å². The first-order valence-corrected chi connectivity index (χ1v) is 15.2. The minimum absolute atomic E-state index is 0.104. The monoisotopic (exact) mass is 621 g/mol. The predicted octanol–water partition coefficient (Wildman–Crippen LogP) is 6.96. The number of aromatic carboxylic acids is 1. The molecule has 0 radical (unpaired) electrons. The van der Waals surface area contributed by atoms with Crippen molar-refractivity contribution in [1.29, 1.82) is 0 Å². The molecule has 11 heteroatoms. The number of carbonyl (C=O) groups excluding carboxylic acids is 1. The minimum atomic E-state index is -1.16. The second kappa shape index (κ2) is 12.3. The summed E-state index contributed by atoms with van der Waals surface area (Å²) in [6, 6.07) is 17.4. The number of hydrogen-bond acceptors (Lipinski definition) is 7. The van der Waals surface area contributed by atoms with E-state index in [-0.39, 0.29) is 23.4 Å². The highest BCUT2D eigenvalue weighted by atomic mass is 35.5. The third-order valence-electron chi connectivity index (χ3n) is 7.60. The average Bonchev–Trinajstić information content (AvgIpc) is 3.77. The largest absolute Gasteiger partial charge is 0.490 e. The number of anilines is 1. The number of aliphatic hydroxyl groups is 1. The average molecular weight is 622 g/mol. The second-order valence-electron chi connectivity index (χ2n) is 10.7. The highest BCUT2D eigenvalue weighted by Gasteiger charge is 2.31. The summed E-state index contributed by atoms with van der Waals surface area (Å²) in [6.45, 7) is 0.939. The molecule has 1 aliphatic heterocycles. The predicted molar refractivity (Wildman–Crippen MR) is 162 cm³/mol. The van der Waals surface area contributed by atoms with E-state index in [1.54, 1.807) is 47.4 Å². The second-order valence-corrected chi connectivity index (χ2v) is 12.2. The lowest BCUT2D eigenvalue weighted by Crippen LogP contribution is -2.41. The van der Waals surface area contributed by atoms with Crippen LogP contribution in [0.25, 0.3) is 10.4 Å². The Morgan fingerprint density at radius 2 is 1.72 bits per heavy atom. The minimum Gasteiger partial charge on any atom is -0.490 e. The van der Waals surface area contributed by atoms with Crippen LogP contribution in [0.15, 0.2) is 66.7 Å². The molecule has 6 rings (SSSR count). The summed E-state index contributed by atoms with van der Waals surface area (Å²) in [6.07, 6.45) is 2.08. The van der Waals surface area contributed by atoms with Gasteiger partial charge in [-0.25, -0.2) is 14.2 Å². The molecule has 1 unspecified atom stereocenters. The normalized spacial score (nSPS) is 16.1. The van der Waals surface area contributed by atoms with Crippen LogP contribution in [-0.4, -0.2) is 51.2 Å². The third kappa shape index (κ3) is 6.66. The Hall–Kier alpha value is -3.99. The topological polar surface area (TPSA) is 112 Å². The molecule has 1 amide bonds. The van der Waals surface area contributed by atoms with E-state index < -0.39 is 12.2 Å². The van der Waals surface area contributed by atoms with Gasteiger partial charge in [0.15, 0.2) is 6.23 Å². The fraction of sp³-hybridized carbons (Fsp3) is 0.281. The SMILES string of the molecule is O=C(O)c1ccc(OC2CCN(C(=O)c3cc(NC(O)c4nc(C5CC5)sc4-c4ccc(F)cc4)ccc3Cl)CC2)cc1. The van der Waals surface area contributed by atoms with E-state index in [1.165, 1.54) is 35.6 Å². The highest BCUT2D eigenvalue weighted by Crippen LogP contribution is 2.46. The molecule has 1 saturated heterocycles. The Morgan fingerprint density at radius 3 is 2.37 bits per heavy atom. The Kier molecular flexibility index (Phi) is 8.34. The van der Waals surface area contributed by atoms with Gasteiger partial charge in [-0.2, -0.15) is 0 Å². The first-order valence-electron chi connectivity index (χ1n) is 14.0. The van der Waals surface area contributed by atoms with Crippen molar-refractivity contribution in [3.8, 4) is 16.2 Å². The summed E-state index contributed by atoms with van der Waals surface area (Å²) in [5.74, 6) is -0.576. The summed E-state index contributed by atoms with van der Waals surface area (Å²) in [5.41, 5.74) is 2.25. The number of benzene rings is 3. The lowest BCUT2D eigenvalue weighted by Gasteiger charge is -2.32. The molecule has 2 fully saturated rings. The Morgan fingerprint density at radius 1 is 1.02 bits per heavy atom. The molecule has 0 spiro atoms. The van der Waals surface area contributed by atoms with Crippen molar-refractivity contribution in [2.45, 2.75) is 43.9 Å². The first-order chi connectivity index (χ1) is 20.7. The number of carboxylic acids is 1. The van der Waals surface area contributed by atoms with E-state index in [4.69, 9.17) is 26.4 Å². The quantitative estimate of drug-likeness (QED) is 0.173. The van der Waals surface area contributed by atoms with E-state index in [1.807, 2.05) is 0 Å². The van der Waals surface area contributed by atoms with Gasteiger partial charge in [-0.05, 0) is 73.0 Å². The van der Waals surface area contributed by atoms with Crippen LogP contribution in [0.2, 0.25) is 5.02 Å². The molecule has 1 atom stereocenters. The van der Waals surface area contributed by atoms with Crippen LogP contribution in [0.1, 0.15) is 69.2 Å². The fourth-order valence-electron chi connectivity index (χ4n) is 5.07. The summed E-state index contributed by atoms with van der Waals surface area (Å²) < 4.78 is 19.6. The molecule has 2 aliphatic rings. The summed E-state index contributed by atoms with van der Waals surface area (Å²) >= 11 is 7.96. The van der Waals surface area contributed by atoms with E-state index in [2.05, 4.69) is 5.32 Å². The van der Waals surface area contributed by atoms with Gasteiger partial charge in [0.2, 0.25) is 0 Å². The zero-order valence-corrected chi connectivity index (χ0v) is 24.6. The first kappa shape index (κ1) is 29.1. The number of rotatable bonds is 9. The molecule has 0 bridgehead atoms. The van der Waals surface area contributed by atoms with Crippen LogP contribution in [0, 0.1) is 5.82 Å². The maximum Gasteiger partial charge on any atom is 0.335 e. The number of nitrogens with zero attached hydrogens (tertiary/aromatic N) is 2. The molecular formula is C32H29ClFN3O5S. The lowest BCUT2D eigenvalue weighted by molar-refractivity contribution is 0.0595. The van der Waals surface area contributed by atoms with Gasteiger partial charge in [0.25, 0.3) is 5.91 Å². The van der Waals surface area contributed by atoms with E-state index in [0.29, 0.717) is 59.6 Å². The Bertz CT molecular complexity index is 1630. The number of amides is 1. The number of aromatic nitrogens is 1. The highest BCUT2D eigenvalue weighted by molar-refractivity contribution is 7.15. The number of halogens is 2.